The fourth-order valence-corrected chi connectivity index (χ4v) is 1.71. The van der Waals surface area contributed by atoms with Crippen LogP contribution in [0.25, 0.3) is 0 Å². The van der Waals surface area contributed by atoms with Crippen molar-refractivity contribution in [1.82, 2.24) is 5.32 Å². The molecular weight excluding hydrogens is 300 g/mol. The Morgan fingerprint density at radius 3 is 2.67 bits per heavy atom. The van der Waals surface area contributed by atoms with Crippen LogP contribution in [0.15, 0.2) is 28.7 Å². The molecule has 1 amide bonds. The first-order valence-electron chi connectivity index (χ1n) is 5.56. The molecule has 5 nitrogen and oxygen atoms in total. The lowest BCUT2D eigenvalue weighted by atomic mass is 10.3. The molecule has 98 valence electrons. The highest BCUT2D eigenvalue weighted by Gasteiger charge is 2.04. The van der Waals surface area contributed by atoms with Crippen molar-refractivity contribution in [2.45, 2.75) is 12.8 Å². The maximum Gasteiger partial charge on any atom is 0.303 e. The van der Waals surface area contributed by atoms with Crippen molar-refractivity contribution in [3.63, 3.8) is 0 Å². The van der Waals surface area contributed by atoms with E-state index in [1.807, 2.05) is 18.2 Å². The van der Waals surface area contributed by atoms with Gasteiger partial charge in [0.1, 0.15) is 0 Å². The maximum atomic E-state index is 11.6. The molecule has 0 atom stereocenters. The SMILES string of the molecule is O=C(O)CCCNCC(=O)Nc1ccccc1Br. The van der Waals surface area contributed by atoms with E-state index in [9.17, 15) is 9.59 Å². The molecule has 0 saturated carbocycles. The lowest BCUT2D eigenvalue weighted by Crippen LogP contribution is -2.29. The number of carbonyl (C=O) groups excluding carboxylic acids is 1. The molecular formula is C12H15BrN2O3. The number of hydrogen-bond donors (Lipinski definition) is 3. The van der Waals surface area contributed by atoms with Crippen molar-refractivity contribution in [2.75, 3.05) is 18.4 Å². The van der Waals surface area contributed by atoms with Gasteiger partial charge in [-0.1, -0.05) is 12.1 Å². The number of halogens is 1. The van der Waals surface area contributed by atoms with Crippen LogP contribution < -0.4 is 10.6 Å². The van der Waals surface area contributed by atoms with Crippen molar-refractivity contribution in [3.8, 4) is 0 Å². The lowest BCUT2D eigenvalue weighted by molar-refractivity contribution is -0.137. The van der Waals surface area contributed by atoms with E-state index >= 15 is 0 Å². The molecule has 0 spiro atoms. The Balaban J connectivity index is 2.22. The van der Waals surface area contributed by atoms with Gasteiger partial charge < -0.3 is 15.7 Å². The van der Waals surface area contributed by atoms with Gasteiger partial charge in [0.25, 0.3) is 0 Å². The van der Waals surface area contributed by atoms with Crippen LogP contribution in [0.1, 0.15) is 12.8 Å². The number of benzene rings is 1. The van der Waals surface area contributed by atoms with Gasteiger partial charge in [0.05, 0.1) is 12.2 Å². The van der Waals surface area contributed by atoms with Crippen LogP contribution >= 0.6 is 15.9 Å². The van der Waals surface area contributed by atoms with Crippen LogP contribution in [0.2, 0.25) is 0 Å². The van der Waals surface area contributed by atoms with E-state index in [0.717, 1.165) is 10.2 Å². The average molecular weight is 315 g/mol. The van der Waals surface area contributed by atoms with E-state index in [4.69, 9.17) is 5.11 Å². The van der Waals surface area contributed by atoms with E-state index in [2.05, 4.69) is 26.6 Å². The second-order valence-electron chi connectivity index (χ2n) is 3.70. The number of aliphatic carboxylic acids is 1. The first-order valence-corrected chi connectivity index (χ1v) is 6.36. The third kappa shape index (κ3) is 5.79. The Bertz CT molecular complexity index is 424. The standard InChI is InChI=1S/C12H15BrN2O3/c13-9-4-1-2-5-10(9)15-11(16)8-14-7-3-6-12(17)18/h1-2,4-5,14H,3,6-8H2,(H,15,16)(H,17,18). The van der Waals surface area contributed by atoms with Gasteiger partial charge in [-0.25, -0.2) is 0 Å². The summed E-state index contributed by atoms with van der Waals surface area (Å²) in [6.07, 6.45) is 0.622. The second kappa shape index (κ2) is 7.84. The van der Waals surface area contributed by atoms with Crippen LogP contribution in [-0.4, -0.2) is 30.1 Å². The predicted octanol–water partition coefficient (Wildman–Crippen LogP) is 1.84. The molecule has 0 fully saturated rings. The molecule has 1 aromatic carbocycles. The monoisotopic (exact) mass is 314 g/mol. The Labute approximate surface area is 114 Å². The summed E-state index contributed by atoms with van der Waals surface area (Å²) < 4.78 is 0.823. The van der Waals surface area contributed by atoms with Crippen LogP contribution in [0, 0.1) is 0 Å². The fraction of sp³-hybridized carbons (Fsp3) is 0.333. The number of rotatable bonds is 7. The molecule has 0 aliphatic heterocycles. The van der Waals surface area contributed by atoms with Gasteiger partial charge in [-0.05, 0) is 41.0 Å². The number of carboxylic acid groups (broad SMARTS) is 1. The Morgan fingerprint density at radius 2 is 2.00 bits per heavy atom. The summed E-state index contributed by atoms with van der Waals surface area (Å²) in [5.41, 5.74) is 0.717. The third-order valence-electron chi connectivity index (χ3n) is 2.18. The molecule has 0 aliphatic carbocycles. The molecule has 0 bridgehead atoms. The highest BCUT2D eigenvalue weighted by atomic mass is 79.9. The molecule has 18 heavy (non-hydrogen) atoms. The quantitative estimate of drug-likeness (QED) is 0.671. The second-order valence-corrected chi connectivity index (χ2v) is 4.56. The van der Waals surface area contributed by atoms with Crippen molar-refractivity contribution < 1.29 is 14.7 Å². The zero-order valence-corrected chi connectivity index (χ0v) is 11.4. The minimum absolute atomic E-state index is 0.110. The first-order chi connectivity index (χ1) is 8.59. The van der Waals surface area contributed by atoms with E-state index in [1.54, 1.807) is 6.07 Å². The van der Waals surface area contributed by atoms with E-state index in [1.165, 1.54) is 0 Å². The van der Waals surface area contributed by atoms with Gasteiger partial charge in [0, 0.05) is 10.9 Å². The van der Waals surface area contributed by atoms with E-state index in [-0.39, 0.29) is 18.9 Å². The molecule has 1 aromatic rings. The number of nitrogens with one attached hydrogen (secondary N) is 2. The van der Waals surface area contributed by atoms with Crippen molar-refractivity contribution in [1.29, 1.82) is 0 Å². The molecule has 0 aromatic heterocycles. The van der Waals surface area contributed by atoms with Gasteiger partial charge in [0.15, 0.2) is 0 Å². The molecule has 0 radical (unpaired) electrons. The number of amides is 1. The molecule has 0 aliphatic rings. The molecule has 0 saturated heterocycles. The van der Waals surface area contributed by atoms with Gasteiger partial charge in [-0.15, -0.1) is 0 Å². The fourth-order valence-electron chi connectivity index (χ4n) is 1.32. The normalized spacial score (nSPS) is 10.1. The summed E-state index contributed by atoms with van der Waals surface area (Å²) in [7, 11) is 0. The van der Waals surface area contributed by atoms with Crippen LogP contribution in [0.5, 0.6) is 0 Å². The van der Waals surface area contributed by atoms with Crippen LogP contribution in [0.4, 0.5) is 5.69 Å². The highest BCUT2D eigenvalue weighted by Crippen LogP contribution is 2.20. The Kier molecular flexibility index (Phi) is 6.38. The first kappa shape index (κ1) is 14.7. The zero-order chi connectivity index (χ0) is 13.4. The minimum Gasteiger partial charge on any atom is -0.481 e. The van der Waals surface area contributed by atoms with Gasteiger partial charge in [-0.3, -0.25) is 9.59 Å². The number of para-hydroxylation sites is 1. The largest absolute Gasteiger partial charge is 0.481 e. The van der Waals surface area contributed by atoms with E-state index < -0.39 is 5.97 Å². The summed E-state index contributed by atoms with van der Waals surface area (Å²) in [5.74, 6) is -0.980. The summed E-state index contributed by atoms with van der Waals surface area (Å²) >= 11 is 3.33. The van der Waals surface area contributed by atoms with Crippen molar-refractivity contribution >= 4 is 33.5 Å². The predicted molar refractivity (Wildman–Crippen MR) is 72.5 cm³/mol. The van der Waals surface area contributed by atoms with Gasteiger partial charge in [0.2, 0.25) is 5.91 Å². The average Bonchev–Trinajstić information content (AvgIpc) is 2.31. The topological polar surface area (TPSA) is 78.4 Å². The Morgan fingerprint density at radius 1 is 1.28 bits per heavy atom. The molecule has 0 heterocycles. The number of carbonyl (C=O) groups is 2. The Hall–Kier alpha value is -1.40. The number of anilines is 1. The van der Waals surface area contributed by atoms with Crippen molar-refractivity contribution in [3.05, 3.63) is 28.7 Å². The molecule has 6 heteroatoms. The summed E-state index contributed by atoms with van der Waals surface area (Å²) in [4.78, 5) is 21.8. The van der Waals surface area contributed by atoms with Gasteiger partial charge in [-0.2, -0.15) is 0 Å². The third-order valence-corrected chi connectivity index (χ3v) is 2.87. The number of carboxylic acids is 1. The summed E-state index contributed by atoms with van der Waals surface area (Å²) in [6, 6.07) is 7.34. The zero-order valence-electron chi connectivity index (χ0n) is 9.78. The van der Waals surface area contributed by atoms with Crippen LogP contribution in [-0.2, 0) is 9.59 Å². The smallest absolute Gasteiger partial charge is 0.303 e. The summed E-state index contributed by atoms with van der Waals surface area (Å²) in [5, 5.41) is 14.1. The highest BCUT2D eigenvalue weighted by molar-refractivity contribution is 9.10. The summed E-state index contributed by atoms with van der Waals surface area (Å²) in [6.45, 7) is 0.677. The van der Waals surface area contributed by atoms with E-state index in [0.29, 0.717) is 13.0 Å². The minimum atomic E-state index is -0.825. The molecule has 1 rings (SSSR count). The van der Waals surface area contributed by atoms with Gasteiger partial charge >= 0.3 is 5.97 Å². The van der Waals surface area contributed by atoms with Crippen molar-refractivity contribution in [2.24, 2.45) is 0 Å². The number of hydrogen-bond acceptors (Lipinski definition) is 3. The maximum absolute atomic E-state index is 11.6. The molecule has 0 unspecified atom stereocenters. The molecule has 3 N–H and O–H groups in total. The van der Waals surface area contributed by atoms with Crippen LogP contribution in [0.3, 0.4) is 0 Å². The lowest BCUT2D eigenvalue weighted by Gasteiger charge is -2.07.